The zero-order chi connectivity index (χ0) is 25.3. The standard InChI is InChI=1S/C27H36ClNO7/c28-9-11-31-13-15-33-17-19-35-20-18-34-16-14-32-12-10-29-27(30)36-21-26-24-7-3-1-5-22(24)23-6-2-4-8-25(23)26/h1-8,26H,9-21H2,(H,29,30). The van der Waals surface area contributed by atoms with Crippen molar-refractivity contribution in [1.29, 1.82) is 0 Å². The van der Waals surface area contributed by atoms with Crippen LogP contribution in [-0.2, 0) is 28.4 Å². The average Bonchev–Trinajstić information content (AvgIpc) is 3.23. The molecule has 9 heteroatoms. The maximum Gasteiger partial charge on any atom is 0.407 e. The number of benzene rings is 2. The molecule has 0 saturated carbocycles. The zero-order valence-electron chi connectivity index (χ0n) is 20.6. The van der Waals surface area contributed by atoms with E-state index in [0.717, 1.165) is 0 Å². The van der Waals surface area contributed by atoms with Crippen molar-refractivity contribution in [1.82, 2.24) is 5.32 Å². The van der Waals surface area contributed by atoms with E-state index in [9.17, 15) is 4.79 Å². The second kappa shape index (κ2) is 17.3. The number of nitrogens with one attached hydrogen (secondary N) is 1. The lowest BCUT2D eigenvalue weighted by molar-refractivity contribution is -0.00984. The molecule has 0 unspecified atom stereocenters. The van der Waals surface area contributed by atoms with Crippen LogP contribution in [0.5, 0.6) is 0 Å². The maximum absolute atomic E-state index is 12.1. The fraction of sp³-hybridized carbons (Fsp3) is 0.519. The van der Waals surface area contributed by atoms with Gasteiger partial charge in [-0.15, -0.1) is 11.6 Å². The summed E-state index contributed by atoms with van der Waals surface area (Å²) in [5.74, 6) is 0.542. The van der Waals surface area contributed by atoms with Gasteiger partial charge in [0.1, 0.15) is 6.61 Å². The molecule has 198 valence electrons. The molecule has 2 aromatic carbocycles. The summed E-state index contributed by atoms with van der Waals surface area (Å²) in [4.78, 5) is 12.1. The molecule has 0 fully saturated rings. The SMILES string of the molecule is O=C(NCCOCCOCCOCCOCCOCCCl)OCC1c2ccccc2-c2ccccc21. The highest BCUT2D eigenvalue weighted by Gasteiger charge is 2.28. The summed E-state index contributed by atoms with van der Waals surface area (Å²) >= 11 is 5.51. The van der Waals surface area contributed by atoms with Crippen molar-refractivity contribution in [3.63, 3.8) is 0 Å². The summed E-state index contributed by atoms with van der Waals surface area (Å²) in [5.41, 5.74) is 4.80. The number of rotatable bonds is 19. The lowest BCUT2D eigenvalue weighted by atomic mass is 9.98. The van der Waals surface area contributed by atoms with Gasteiger partial charge in [-0.2, -0.15) is 0 Å². The number of halogens is 1. The monoisotopic (exact) mass is 521 g/mol. The van der Waals surface area contributed by atoms with Crippen molar-refractivity contribution in [2.75, 3.05) is 85.1 Å². The van der Waals surface area contributed by atoms with Gasteiger partial charge in [-0.3, -0.25) is 0 Å². The molecular formula is C27H36ClNO7. The quantitative estimate of drug-likeness (QED) is 0.222. The topological polar surface area (TPSA) is 84.5 Å². The molecule has 2 aromatic rings. The second-order valence-corrected chi connectivity index (χ2v) is 8.38. The molecule has 0 bridgehead atoms. The van der Waals surface area contributed by atoms with Gasteiger partial charge in [0.15, 0.2) is 0 Å². The van der Waals surface area contributed by atoms with Crippen molar-refractivity contribution >= 4 is 17.7 Å². The average molecular weight is 522 g/mol. The predicted octanol–water partition coefficient (Wildman–Crippen LogP) is 3.85. The highest BCUT2D eigenvalue weighted by atomic mass is 35.5. The van der Waals surface area contributed by atoms with Gasteiger partial charge in [0, 0.05) is 18.3 Å². The molecule has 0 saturated heterocycles. The van der Waals surface area contributed by atoms with E-state index in [1.807, 2.05) is 24.3 Å². The molecule has 0 aliphatic heterocycles. The molecule has 36 heavy (non-hydrogen) atoms. The Bertz CT molecular complexity index is 852. The van der Waals surface area contributed by atoms with E-state index in [0.29, 0.717) is 85.1 Å². The molecule has 0 heterocycles. The van der Waals surface area contributed by atoms with E-state index in [1.165, 1.54) is 22.3 Å². The minimum absolute atomic E-state index is 0.0499. The Morgan fingerprint density at radius 3 is 1.61 bits per heavy atom. The Hall–Kier alpha value is -2.20. The molecule has 0 spiro atoms. The third-order valence-corrected chi connectivity index (χ3v) is 5.72. The summed E-state index contributed by atoms with van der Waals surface area (Å²) in [6.07, 6.45) is -0.444. The van der Waals surface area contributed by atoms with Gasteiger partial charge in [-0.25, -0.2) is 4.79 Å². The van der Waals surface area contributed by atoms with Crippen molar-refractivity contribution < 1.29 is 33.2 Å². The molecule has 0 radical (unpaired) electrons. The summed E-state index contributed by atoms with van der Waals surface area (Å²) < 4.78 is 32.4. The maximum atomic E-state index is 12.1. The van der Waals surface area contributed by atoms with Crippen LogP contribution in [0.2, 0.25) is 0 Å². The minimum atomic E-state index is -0.444. The highest BCUT2D eigenvalue weighted by molar-refractivity contribution is 6.17. The van der Waals surface area contributed by atoms with E-state index in [4.69, 9.17) is 40.0 Å². The number of alkyl halides is 1. The fourth-order valence-electron chi connectivity index (χ4n) is 3.91. The number of hydrogen-bond donors (Lipinski definition) is 1. The molecule has 1 aliphatic carbocycles. The third kappa shape index (κ3) is 9.69. The molecule has 1 amide bonds. The molecule has 0 aromatic heterocycles. The van der Waals surface area contributed by atoms with Crippen molar-refractivity contribution in [2.24, 2.45) is 0 Å². The first-order valence-electron chi connectivity index (χ1n) is 12.3. The van der Waals surface area contributed by atoms with E-state index in [2.05, 4.69) is 29.6 Å². The molecule has 1 N–H and O–H groups in total. The first-order chi connectivity index (χ1) is 17.8. The van der Waals surface area contributed by atoms with Crippen LogP contribution in [0.1, 0.15) is 17.0 Å². The number of amides is 1. The second-order valence-electron chi connectivity index (χ2n) is 8.00. The Labute approximate surface area is 218 Å². The van der Waals surface area contributed by atoms with Gasteiger partial charge in [0.05, 0.1) is 66.1 Å². The number of carbonyl (C=O) groups excluding carboxylic acids is 1. The van der Waals surface area contributed by atoms with Crippen molar-refractivity contribution in [3.8, 4) is 11.1 Å². The Morgan fingerprint density at radius 2 is 1.11 bits per heavy atom. The third-order valence-electron chi connectivity index (χ3n) is 5.57. The van der Waals surface area contributed by atoms with Crippen LogP contribution in [-0.4, -0.2) is 91.2 Å². The van der Waals surface area contributed by atoms with Crippen LogP contribution in [0, 0.1) is 0 Å². The number of ether oxygens (including phenoxy) is 6. The summed E-state index contributed by atoms with van der Waals surface area (Å²) in [6, 6.07) is 16.5. The van der Waals surface area contributed by atoms with Crippen LogP contribution < -0.4 is 5.32 Å². The van der Waals surface area contributed by atoms with Gasteiger partial charge in [0.25, 0.3) is 0 Å². The van der Waals surface area contributed by atoms with Gasteiger partial charge in [0.2, 0.25) is 0 Å². The smallest absolute Gasteiger partial charge is 0.407 e. The van der Waals surface area contributed by atoms with Gasteiger partial charge < -0.3 is 33.7 Å². The Balaban J connectivity index is 1.14. The van der Waals surface area contributed by atoms with E-state index in [-0.39, 0.29) is 5.92 Å². The Kier molecular flexibility index (Phi) is 13.6. The van der Waals surface area contributed by atoms with Crippen LogP contribution in [0.3, 0.4) is 0 Å². The molecule has 8 nitrogen and oxygen atoms in total. The minimum Gasteiger partial charge on any atom is -0.449 e. The summed E-state index contributed by atoms with van der Waals surface area (Å²) in [6.45, 7) is 5.58. The largest absolute Gasteiger partial charge is 0.449 e. The Morgan fingerprint density at radius 1 is 0.667 bits per heavy atom. The molecule has 0 atom stereocenters. The number of fused-ring (bicyclic) bond motifs is 3. The van der Waals surface area contributed by atoms with E-state index >= 15 is 0 Å². The van der Waals surface area contributed by atoms with Gasteiger partial charge in [-0.05, 0) is 22.3 Å². The van der Waals surface area contributed by atoms with Crippen LogP contribution >= 0.6 is 11.6 Å². The van der Waals surface area contributed by atoms with E-state index in [1.54, 1.807) is 0 Å². The first kappa shape index (κ1) is 28.4. The first-order valence-corrected chi connectivity index (χ1v) is 12.9. The van der Waals surface area contributed by atoms with Gasteiger partial charge >= 0.3 is 6.09 Å². The normalized spacial score (nSPS) is 12.4. The van der Waals surface area contributed by atoms with Gasteiger partial charge in [-0.1, -0.05) is 48.5 Å². The number of hydrogen-bond acceptors (Lipinski definition) is 7. The predicted molar refractivity (Wildman–Crippen MR) is 138 cm³/mol. The van der Waals surface area contributed by atoms with Crippen molar-refractivity contribution in [3.05, 3.63) is 59.7 Å². The zero-order valence-corrected chi connectivity index (χ0v) is 21.4. The highest BCUT2D eigenvalue weighted by Crippen LogP contribution is 2.44. The lowest BCUT2D eigenvalue weighted by Gasteiger charge is -2.14. The van der Waals surface area contributed by atoms with Crippen LogP contribution in [0.15, 0.2) is 48.5 Å². The van der Waals surface area contributed by atoms with Crippen LogP contribution in [0.4, 0.5) is 4.79 Å². The fourth-order valence-corrected chi connectivity index (χ4v) is 4.02. The summed E-state index contributed by atoms with van der Waals surface area (Å²) in [7, 11) is 0. The molecule has 1 aliphatic rings. The van der Waals surface area contributed by atoms with E-state index < -0.39 is 6.09 Å². The summed E-state index contributed by atoms with van der Waals surface area (Å²) in [5, 5.41) is 2.73. The lowest BCUT2D eigenvalue weighted by Crippen LogP contribution is -2.29. The van der Waals surface area contributed by atoms with Crippen molar-refractivity contribution in [2.45, 2.75) is 5.92 Å². The number of alkyl carbamates (subject to hydrolysis) is 1. The number of carbonyl (C=O) groups is 1. The van der Waals surface area contributed by atoms with Crippen LogP contribution in [0.25, 0.3) is 11.1 Å². The molecule has 3 rings (SSSR count). The molecular weight excluding hydrogens is 486 g/mol.